The summed E-state index contributed by atoms with van der Waals surface area (Å²) in [4.78, 5) is 0. The van der Waals surface area contributed by atoms with E-state index in [0.29, 0.717) is 0 Å². The van der Waals surface area contributed by atoms with Crippen LogP contribution in [0.2, 0.25) is 0 Å². The summed E-state index contributed by atoms with van der Waals surface area (Å²) in [5, 5.41) is -0.0892. The molecule has 1 fully saturated rings. The molecule has 0 saturated carbocycles. The molecular formula is C13H16OSi. The van der Waals surface area contributed by atoms with Crippen LogP contribution < -0.4 is 0 Å². The zero-order valence-electron chi connectivity index (χ0n) is 9.12. The maximum atomic E-state index is 5.78. The van der Waals surface area contributed by atoms with Crippen LogP contribution in [0, 0.1) is 11.8 Å². The van der Waals surface area contributed by atoms with E-state index in [2.05, 4.69) is 11.8 Å². The predicted octanol–water partition coefficient (Wildman–Crippen LogP) is 1.30. The standard InChI is InChI=1S/C13H16OSi/c15-13(9-4-5-11-14-13)10-8-12-6-2-1-3-7-12/h1-3,6-7H,4-5,9,11H2,15H3. The van der Waals surface area contributed by atoms with Crippen molar-refractivity contribution in [1.82, 2.24) is 0 Å². The lowest BCUT2D eigenvalue weighted by Gasteiger charge is -2.28. The lowest BCUT2D eigenvalue weighted by Crippen LogP contribution is -2.35. The third kappa shape index (κ3) is 2.95. The van der Waals surface area contributed by atoms with Gasteiger partial charge in [0.2, 0.25) is 0 Å². The molecule has 1 saturated heterocycles. The summed E-state index contributed by atoms with van der Waals surface area (Å²) >= 11 is 0. The van der Waals surface area contributed by atoms with Crippen molar-refractivity contribution >= 4 is 10.2 Å². The average Bonchev–Trinajstić information content (AvgIpc) is 2.29. The van der Waals surface area contributed by atoms with E-state index < -0.39 is 0 Å². The van der Waals surface area contributed by atoms with Crippen LogP contribution in [0.25, 0.3) is 0 Å². The largest absolute Gasteiger partial charge is 0.367 e. The number of ether oxygens (including phenoxy) is 1. The maximum absolute atomic E-state index is 5.78. The molecule has 1 unspecified atom stereocenters. The van der Waals surface area contributed by atoms with Crippen molar-refractivity contribution in [2.75, 3.05) is 6.61 Å². The first-order chi connectivity index (χ1) is 7.29. The molecule has 0 aliphatic carbocycles. The van der Waals surface area contributed by atoms with E-state index in [1.165, 1.54) is 12.8 Å². The van der Waals surface area contributed by atoms with Crippen LogP contribution >= 0.6 is 0 Å². The smallest absolute Gasteiger partial charge is 0.106 e. The van der Waals surface area contributed by atoms with Crippen LogP contribution in [0.15, 0.2) is 30.3 Å². The van der Waals surface area contributed by atoms with Crippen LogP contribution in [0.4, 0.5) is 0 Å². The SMILES string of the molecule is [SiH3]C1(C#Cc2ccccc2)CCCCO1. The van der Waals surface area contributed by atoms with E-state index in [0.717, 1.165) is 28.8 Å². The van der Waals surface area contributed by atoms with Gasteiger partial charge < -0.3 is 4.74 Å². The first kappa shape index (κ1) is 10.5. The Morgan fingerprint density at radius 1 is 1.20 bits per heavy atom. The fourth-order valence-electron chi connectivity index (χ4n) is 1.76. The summed E-state index contributed by atoms with van der Waals surface area (Å²) in [7, 11) is 0.995. The molecule has 1 aromatic rings. The van der Waals surface area contributed by atoms with E-state index in [1.807, 2.05) is 30.3 Å². The Morgan fingerprint density at radius 2 is 2.00 bits per heavy atom. The van der Waals surface area contributed by atoms with Crippen molar-refractivity contribution in [3.8, 4) is 11.8 Å². The number of benzene rings is 1. The first-order valence-corrected chi connectivity index (χ1v) is 6.51. The Kier molecular flexibility index (Phi) is 3.25. The molecule has 15 heavy (non-hydrogen) atoms. The lowest BCUT2D eigenvalue weighted by molar-refractivity contribution is 0.0219. The van der Waals surface area contributed by atoms with Gasteiger partial charge in [0.25, 0.3) is 0 Å². The van der Waals surface area contributed by atoms with E-state index in [-0.39, 0.29) is 5.22 Å². The Balaban J connectivity index is 2.10. The van der Waals surface area contributed by atoms with Crippen LogP contribution in [0.1, 0.15) is 24.8 Å². The molecule has 0 N–H and O–H groups in total. The molecule has 1 heterocycles. The van der Waals surface area contributed by atoms with Gasteiger partial charge in [0.15, 0.2) is 0 Å². The Morgan fingerprint density at radius 3 is 2.67 bits per heavy atom. The van der Waals surface area contributed by atoms with Gasteiger partial charge in [0.1, 0.15) is 5.22 Å². The fourth-order valence-corrected chi connectivity index (χ4v) is 2.44. The summed E-state index contributed by atoms with van der Waals surface area (Å²) in [5.41, 5.74) is 1.09. The van der Waals surface area contributed by atoms with Crippen LogP contribution in [0.5, 0.6) is 0 Å². The minimum absolute atomic E-state index is 0.0892. The molecule has 2 heteroatoms. The molecule has 0 radical (unpaired) electrons. The molecule has 1 atom stereocenters. The first-order valence-electron chi connectivity index (χ1n) is 5.51. The minimum atomic E-state index is -0.0892. The average molecular weight is 216 g/mol. The highest BCUT2D eigenvalue weighted by Crippen LogP contribution is 2.20. The van der Waals surface area contributed by atoms with E-state index in [4.69, 9.17) is 4.74 Å². The Labute approximate surface area is 94.3 Å². The van der Waals surface area contributed by atoms with Crippen LogP contribution in [-0.2, 0) is 4.74 Å². The number of hydrogen-bond acceptors (Lipinski definition) is 1. The van der Waals surface area contributed by atoms with Gasteiger partial charge in [-0.3, -0.25) is 0 Å². The van der Waals surface area contributed by atoms with Gasteiger partial charge in [0, 0.05) is 12.2 Å². The second-order valence-corrected chi connectivity index (χ2v) is 5.77. The number of hydrogen-bond donors (Lipinski definition) is 0. The summed E-state index contributed by atoms with van der Waals surface area (Å²) in [6.07, 6.45) is 3.56. The molecule has 0 spiro atoms. The lowest BCUT2D eigenvalue weighted by atomic mass is 10.1. The zero-order chi connectivity index (χ0) is 10.6. The summed E-state index contributed by atoms with van der Waals surface area (Å²) < 4.78 is 5.78. The van der Waals surface area contributed by atoms with Gasteiger partial charge in [-0.1, -0.05) is 30.0 Å². The number of rotatable bonds is 0. The van der Waals surface area contributed by atoms with Crippen molar-refractivity contribution in [2.45, 2.75) is 24.5 Å². The topological polar surface area (TPSA) is 9.23 Å². The highest BCUT2D eigenvalue weighted by molar-refractivity contribution is 6.16. The third-order valence-corrected chi connectivity index (χ3v) is 3.75. The van der Waals surface area contributed by atoms with Gasteiger partial charge in [-0.05, 0) is 31.4 Å². The minimum Gasteiger partial charge on any atom is -0.367 e. The van der Waals surface area contributed by atoms with Crippen LogP contribution in [0.3, 0.4) is 0 Å². The molecule has 1 nitrogen and oxygen atoms in total. The van der Waals surface area contributed by atoms with Crippen molar-refractivity contribution in [3.63, 3.8) is 0 Å². The normalized spacial score (nSPS) is 25.6. The van der Waals surface area contributed by atoms with E-state index in [1.54, 1.807) is 0 Å². The second kappa shape index (κ2) is 4.65. The monoisotopic (exact) mass is 216 g/mol. The Bertz CT molecular complexity index is 369. The molecule has 0 bridgehead atoms. The third-order valence-electron chi connectivity index (χ3n) is 2.71. The molecule has 2 rings (SSSR count). The highest BCUT2D eigenvalue weighted by Gasteiger charge is 2.24. The van der Waals surface area contributed by atoms with Crippen molar-refractivity contribution in [1.29, 1.82) is 0 Å². The summed E-state index contributed by atoms with van der Waals surface area (Å²) in [6, 6.07) is 10.1. The fraction of sp³-hybridized carbons (Fsp3) is 0.385. The molecule has 0 amide bonds. The zero-order valence-corrected chi connectivity index (χ0v) is 11.1. The van der Waals surface area contributed by atoms with E-state index in [9.17, 15) is 0 Å². The van der Waals surface area contributed by atoms with E-state index >= 15 is 0 Å². The predicted molar refractivity (Wildman–Crippen MR) is 65.8 cm³/mol. The van der Waals surface area contributed by atoms with Gasteiger partial charge >= 0.3 is 0 Å². The van der Waals surface area contributed by atoms with Crippen molar-refractivity contribution in [2.24, 2.45) is 0 Å². The Hall–Kier alpha value is -1.04. The molecule has 1 aromatic carbocycles. The van der Waals surface area contributed by atoms with Crippen molar-refractivity contribution < 1.29 is 4.74 Å². The van der Waals surface area contributed by atoms with Gasteiger partial charge in [-0.2, -0.15) is 0 Å². The molecule has 78 valence electrons. The highest BCUT2D eigenvalue weighted by atomic mass is 28.1. The molecule has 1 aliphatic heterocycles. The molecular weight excluding hydrogens is 200 g/mol. The maximum Gasteiger partial charge on any atom is 0.106 e. The van der Waals surface area contributed by atoms with Crippen molar-refractivity contribution in [3.05, 3.63) is 35.9 Å². The summed E-state index contributed by atoms with van der Waals surface area (Å²) in [6.45, 7) is 0.882. The molecule has 0 aromatic heterocycles. The van der Waals surface area contributed by atoms with Gasteiger partial charge in [-0.15, -0.1) is 0 Å². The molecule has 1 aliphatic rings. The summed E-state index contributed by atoms with van der Waals surface area (Å²) in [5.74, 6) is 6.52. The quantitative estimate of drug-likeness (QED) is 0.469. The van der Waals surface area contributed by atoms with Crippen LogP contribution in [-0.4, -0.2) is 22.1 Å². The van der Waals surface area contributed by atoms with Gasteiger partial charge in [-0.25, -0.2) is 0 Å². The van der Waals surface area contributed by atoms with Gasteiger partial charge in [0.05, 0.1) is 10.2 Å². The second-order valence-electron chi connectivity index (χ2n) is 4.15.